The van der Waals surface area contributed by atoms with Crippen molar-refractivity contribution in [2.45, 2.75) is 12.8 Å². The maximum Gasteiger partial charge on any atom is 0.213 e. The molecule has 4 heterocycles. The Bertz CT molecular complexity index is 983. The van der Waals surface area contributed by atoms with Crippen molar-refractivity contribution in [3.05, 3.63) is 42.7 Å². The molecule has 1 fully saturated rings. The second-order valence-electron chi connectivity index (χ2n) is 5.78. The van der Waals surface area contributed by atoms with Gasteiger partial charge in [0.15, 0.2) is 11.4 Å². The summed E-state index contributed by atoms with van der Waals surface area (Å²) in [6, 6.07) is 11.8. The van der Waals surface area contributed by atoms with Crippen molar-refractivity contribution >= 4 is 22.5 Å². The number of rotatable bonds is 2. The van der Waals surface area contributed by atoms with Gasteiger partial charge >= 0.3 is 0 Å². The summed E-state index contributed by atoms with van der Waals surface area (Å²) >= 11 is 0. The van der Waals surface area contributed by atoms with Crippen LogP contribution in [0.25, 0.3) is 28.1 Å². The van der Waals surface area contributed by atoms with Crippen LogP contribution in [-0.2, 0) is 0 Å². The van der Waals surface area contributed by atoms with Crippen molar-refractivity contribution in [2.75, 3.05) is 18.0 Å². The van der Waals surface area contributed by atoms with Crippen LogP contribution in [0.1, 0.15) is 12.8 Å². The molecule has 0 bridgehead atoms. The van der Waals surface area contributed by atoms with Crippen molar-refractivity contribution in [3.63, 3.8) is 0 Å². The summed E-state index contributed by atoms with van der Waals surface area (Å²) in [5, 5.41) is 9.79. The average Bonchev–Trinajstić information content (AvgIpc) is 3.33. The van der Waals surface area contributed by atoms with Crippen LogP contribution in [0.4, 0.5) is 5.95 Å². The van der Waals surface area contributed by atoms with Crippen LogP contribution in [0.15, 0.2) is 47.1 Å². The van der Waals surface area contributed by atoms with Gasteiger partial charge in [-0.05, 0) is 37.1 Å². The lowest BCUT2D eigenvalue weighted by Gasteiger charge is -2.19. The molecule has 6 nitrogen and oxygen atoms in total. The van der Waals surface area contributed by atoms with Gasteiger partial charge in [-0.3, -0.25) is 0 Å². The van der Waals surface area contributed by atoms with E-state index in [0.717, 1.165) is 35.6 Å². The molecule has 1 aliphatic rings. The van der Waals surface area contributed by atoms with Crippen molar-refractivity contribution in [1.29, 1.82) is 0 Å². The lowest BCUT2D eigenvalue weighted by atomic mass is 10.2. The predicted molar refractivity (Wildman–Crippen MR) is 87.4 cm³/mol. The molecule has 0 spiro atoms. The first kappa shape index (κ1) is 12.6. The molecule has 0 aliphatic carbocycles. The van der Waals surface area contributed by atoms with Gasteiger partial charge in [-0.25, -0.2) is 9.38 Å². The highest BCUT2D eigenvalue weighted by Crippen LogP contribution is 2.29. The number of furan rings is 1. The van der Waals surface area contributed by atoms with Crippen LogP contribution in [0, 0.1) is 0 Å². The molecule has 0 atom stereocenters. The molecule has 23 heavy (non-hydrogen) atoms. The fourth-order valence-corrected chi connectivity index (χ4v) is 3.26. The van der Waals surface area contributed by atoms with E-state index >= 15 is 0 Å². The topological polar surface area (TPSA) is 59.5 Å². The van der Waals surface area contributed by atoms with E-state index in [2.05, 4.69) is 15.1 Å². The SMILES string of the molecule is c1coc(-c2nnc3c4ccccc4nc(N4CCCC4)n23)c1. The van der Waals surface area contributed by atoms with Gasteiger partial charge in [-0.1, -0.05) is 12.1 Å². The third kappa shape index (κ3) is 1.84. The number of para-hydroxylation sites is 1. The highest BCUT2D eigenvalue weighted by atomic mass is 16.3. The van der Waals surface area contributed by atoms with E-state index in [9.17, 15) is 0 Å². The number of hydrogen-bond donors (Lipinski definition) is 0. The quantitative estimate of drug-likeness (QED) is 0.569. The van der Waals surface area contributed by atoms with Crippen LogP contribution >= 0.6 is 0 Å². The highest BCUT2D eigenvalue weighted by Gasteiger charge is 2.23. The Morgan fingerprint density at radius 2 is 1.83 bits per heavy atom. The van der Waals surface area contributed by atoms with E-state index in [1.54, 1.807) is 6.26 Å². The fourth-order valence-electron chi connectivity index (χ4n) is 3.26. The Morgan fingerprint density at radius 3 is 2.65 bits per heavy atom. The molecule has 0 unspecified atom stereocenters. The molecule has 5 rings (SSSR count). The molecule has 1 aliphatic heterocycles. The van der Waals surface area contributed by atoms with E-state index in [1.165, 1.54) is 12.8 Å². The number of anilines is 1. The van der Waals surface area contributed by atoms with Gasteiger partial charge in [0.05, 0.1) is 11.8 Å². The van der Waals surface area contributed by atoms with Crippen molar-refractivity contribution < 1.29 is 4.42 Å². The molecule has 6 heteroatoms. The monoisotopic (exact) mass is 305 g/mol. The molecule has 1 aromatic carbocycles. The maximum absolute atomic E-state index is 5.55. The van der Waals surface area contributed by atoms with Crippen LogP contribution < -0.4 is 4.90 Å². The third-order valence-corrected chi connectivity index (χ3v) is 4.36. The Kier molecular flexibility index (Phi) is 2.64. The minimum atomic E-state index is 0.699. The zero-order valence-corrected chi connectivity index (χ0v) is 12.5. The Hall–Kier alpha value is -2.89. The average molecular weight is 305 g/mol. The van der Waals surface area contributed by atoms with Gasteiger partial charge in [0.25, 0.3) is 0 Å². The lowest BCUT2D eigenvalue weighted by molar-refractivity contribution is 0.576. The molecule has 1 saturated heterocycles. The second kappa shape index (κ2) is 4.81. The minimum Gasteiger partial charge on any atom is -0.461 e. The molecule has 0 N–H and O–H groups in total. The van der Waals surface area contributed by atoms with Crippen molar-refractivity contribution in [3.8, 4) is 11.6 Å². The van der Waals surface area contributed by atoms with Crippen LogP contribution in [-0.4, -0.2) is 32.7 Å². The summed E-state index contributed by atoms with van der Waals surface area (Å²) in [5.41, 5.74) is 1.77. The number of nitrogens with zero attached hydrogens (tertiary/aromatic N) is 5. The summed E-state index contributed by atoms with van der Waals surface area (Å²) in [6.45, 7) is 2.02. The van der Waals surface area contributed by atoms with Crippen molar-refractivity contribution in [2.24, 2.45) is 0 Å². The molecule has 4 aromatic rings. The first-order valence-corrected chi connectivity index (χ1v) is 7.84. The first-order valence-electron chi connectivity index (χ1n) is 7.84. The molecule has 3 aromatic heterocycles. The molecule has 0 saturated carbocycles. The van der Waals surface area contributed by atoms with E-state index in [4.69, 9.17) is 9.40 Å². The third-order valence-electron chi connectivity index (χ3n) is 4.36. The molecular formula is C17H15N5O. The Labute approximate surface area is 132 Å². The summed E-state index contributed by atoms with van der Waals surface area (Å²) < 4.78 is 7.57. The highest BCUT2D eigenvalue weighted by molar-refractivity contribution is 5.93. The van der Waals surface area contributed by atoms with Crippen molar-refractivity contribution in [1.82, 2.24) is 19.6 Å². The van der Waals surface area contributed by atoms with Crippen LogP contribution in [0.5, 0.6) is 0 Å². The van der Waals surface area contributed by atoms with Gasteiger partial charge in [0.2, 0.25) is 11.8 Å². The normalized spacial score (nSPS) is 15.0. The number of benzene rings is 1. The van der Waals surface area contributed by atoms with Crippen LogP contribution in [0.3, 0.4) is 0 Å². The second-order valence-corrected chi connectivity index (χ2v) is 5.78. The molecular weight excluding hydrogens is 290 g/mol. The fraction of sp³-hybridized carbons (Fsp3) is 0.235. The van der Waals surface area contributed by atoms with E-state index in [0.29, 0.717) is 11.6 Å². The summed E-state index contributed by atoms with van der Waals surface area (Å²) in [5.74, 6) is 2.30. The van der Waals surface area contributed by atoms with Gasteiger partial charge < -0.3 is 9.32 Å². The smallest absolute Gasteiger partial charge is 0.213 e. The van der Waals surface area contributed by atoms with Gasteiger partial charge in [0.1, 0.15) is 0 Å². The zero-order chi connectivity index (χ0) is 15.2. The summed E-state index contributed by atoms with van der Waals surface area (Å²) in [4.78, 5) is 7.20. The largest absolute Gasteiger partial charge is 0.461 e. The molecule has 114 valence electrons. The minimum absolute atomic E-state index is 0.699. The zero-order valence-electron chi connectivity index (χ0n) is 12.5. The summed E-state index contributed by atoms with van der Waals surface area (Å²) in [7, 11) is 0. The van der Waals surface area contributed by atoms with Crippen LogP contribution in [0.2, 0.25) is 0 Å². The van der Waals surface area contributed by atoms with Gasteiger partial charge in [0, 0.05) is 18.5 Å². The standard InChI is InChI=1S/C17H15N5O/c1-2-7-13-12(6-1)15-19-20-16(14-8-5-11-23-14)22(15)17(18-13)21-9-3-4-10-21/h1-2,5-8,11H,3-4,9-10H2. The summed E-state index contributed by atoms with van der Waals surface area (Å²) in [6.07, 6.45) is 4.03. The number of fused-ring (bicyclic) bond motifs is 3. The van der Waals surface area contributed by atoms with E-state index in [1.807, 2.05) is 40.8 Å². The van der Waals surface area contributed by atoms with Gasteiger partial charge in [-0.2, -0.15) is 0 Å². The maximum atomic E-state index is 5.55. The van der Waals surface area contributed by atoms with Gasteiger partial charge in [-0.15, -0.1) is 10.2 Å². The molecule has 0 amide bonds. The predicted octanol–water partition coefficient (Wildman–Crippen LogP) is 3.14. The lowest BCUT2D eigenvalue weighted by Crippen LogP contribution is -2.22. The Balaban J connectivity index is 1.89. The number of aromatic nitrogens is 4. The van der Waals surface area contributed by atoms with E-state index < -0.39 is 0 Å². The molecule has 0 radical (unpaired) electrons. The number of hydrogen-bond acceptors (Lipinski definition) is 5. The first-order chi connectivity index (χ1) is 11.4. The Morgan fingerprint density at radius 1 is 0.957 bits per heavy atom. The van der Waals surface area contributed by atoms with E-state index in [-0.39, 0.29) is 0 Å².